The number of nitrogens with one attached hydrogen (secondary N) is 1. The molecule has 7 nitrogen and oxygen atoms in total. The van der Waals surface area contributed by atoms with Gasteiger partial charge < -0.3 is 25.0 Å². The van der Waals surface area contributed by atoms with Crippen molar-refractivity contribution in [3.63, 3.8) is 0 Å². The fourth-order valence-electron chi connectivity index (χ4n) is 3.02. The first kappa shape index (κ1) is 20.0. The second kappa shape index (κ2) is 8.08. The van der Waals surface area contributed by atoms with Crippen LogP contribution in [0.25, 0.3) is 0 Å². The molecule has 1 atom stereocenters. The van der Waals surface area contributed by atoms with Crippen LogP contribution in [0.5, 0.6) is 11.5 Å². The van der Waals surface area contributed by atoms with Crippen LogP contribution in [0.15, 0.2) is 42.5 Å². The van der Waals surface area contributed by atoms with Crippen LogP contribution in [-0.4, -0.2) is 40.5 Å². The number of fused-ring (bicyclic) bond motifs is 1. The Hall–Kier alpha value is -2.77. The molecule has 2 aromatic carbocycles. The number of carboxylic acid groups (broad SMARTS) is 2. The quantitative estimate of drug-likeness (QED) is 0.580. The predicted octanol–water partition coefficient (Wildman–Crippen LogP) is 2.74. The van der Waals surface area contributed by atoms with E-state index in [0.29, 0.717) is 11.4 Å². The maximum atomic E-state index is 11.3. The van der Waals surface area contributed by atoms with Crippen LogP contribution in [-0.2, 0) is 22.4 Å². The monoisotopic (exact) mass is 405 g/mol. The van der Waals surface area contributed by atoms with Gasteiger partial charge in [-0.3, -0.25) is 0 Å². The van der Waals surface area contributed by atoms with Gasteiger partial charge in [0, 0.05) is 11.1 Å². The first-order chi connectivity index (χ1) is 13.3. The van der Waals surface area contributed by atoms with E-state index < -0.39 is 17.7 Å². The average Bonchev–Trinajstić information content (AvgIpc) is 3.02. The van der Waals surface area contributed by atoms with Crippen molar-refractivity contribution in [2.45, 2.75) is 31.6 Å². The van der Waals surface area contributed by atoms with E-state index in [1.807, 2.05) is 31.2 Å². The number of aliphatic carboxylic acids is 2. The number of hydrogen-bond donors (Lipinski definition) is 3. The fourth-order valence-corrected chi connectivity index (χ4v) is 3.23. The van der Waals surface area contributed by atoms with E-state index in [4.69, 9.17) is 21.1 Å². The molecule has 3 rings (SSSR count). The van der Waals surface area contributed by atoms with Crippen molar-refractivity contribution in [3.8, 4) is 11.5 Å². The van der Waals surface area contributed by atoms with Gasteiger partial charge in [-0.05, 0) is 61.7 Å². The Labute approximate surface area is 166 Å². The fraction of sp³-hybridized carbons (Fsp3) is 0.300. The maximum absolute atomic E-state index is 11.3. The lowest BCUT2D eigenvalue weighted by Gasteiger charge is -2.17. The molecule has 1 aliphatic heterocycles. The van der Waals surface area contributed by atoms with Gasteiger partial charge in [0.25, 0.3) is 0 Å². The molecule has 28 heavy (non-hydrogen) atoms. The largest absolute Gasteiger partial charge is 0.475 e. The predicted molar refractivity (Wildman–Crippen MR) is 102 cm³/mol. The summed E-state index contributed by atoms with van der Waals surface area (Å²) in [5.41, 5.74) is 2.02. The van der Waals surface area contributed by atoms with Crippen molar-refractivity contribution in [1.82, 2.24) is 5.32 Å². The molecule has 0 spiro atoms. The third-order valence-corrected chi connectivity index (χ3v) is 4.65. The Morgan fingerprint density at radius 1 is 1.07 bits per heavy atom. The minimum atomic E-state index is -2.73. The summed E-state index contributed by atoms with van der Waals surface area (Å²) in [6.45, 7) is 2.80. The molecule has 8 heteroatoms. The Kier molecular flexibility index (Phi) is 5.76. The van der Waals surface area contributed by atoms with E-state index in [1.54, 1.807) is 12.1 Å². The first-order valence-corrected chi connectivity index (χ1v) is 9.13. The molecule has 0 bridgehead atoms. The Morgan fingerprint density at radius 2 is 1.79 bits per heavy atom. The van der Waals surface area contributed by atoms with Gasteiger partial charge in [-0.15, -0.1) is 0 Å². The van der Waals surface area contributed by atoms with Crippen LogP contribution >= 0.6 is 11.6 Å². The summed E-state index contributed by atoms with van der Waals surface area (Å²) in [5, 5.41) is 22.5. The van der Waals surface area contributed by atoms with Gasteiger partial charge in [0.05, 0.1) is 0 Å². The van der Waals surface area contributed by atoms with Crippen molar-refractivity contribution >= 4 is 23.5 Å². The molecule has 0 unspecified atom stereocenters. The summed E-state index contributed by atoms with van der Waals surface area (Å²) in [4.78, 5) is 22.6. The van der Waals surface area contributed by atoms with E-state index in [0.717, 1.165) is 24.1 Å². The number of carboxylic acids is 2. The molecule has 1 aliphatic rings. The molecule has 0 saturated heterocycles. The second-order valence-corrected chi connectivity index (χ2v) is 7.09. The summed E-state index contributed by atoms with van der Waals surface area (Å²) < 4.78 is 10.2. The van der Waals surface area contributed by atoms with E-state index >= 15 is 0 Å². The summed E-state index contributed by atoms with van der Waals surface area (Å²) >= 11 is 5.98. The van der Waals surface area contributed by atoms with Gasteiger partial charge in [0.2, 0.25) is 0 Å². The SMILES string of the molecule is C[C@H](Cc1ccc2c(c1)OC(C(=O)O)(C(=O)O)O2)NCCc1cccc(Cl)c1. The highest BCUT2D eigenvalue weighted by molar-refractivity contribution is 6.30. The second-order valence-electron chi connectivity index (χ2n) is 6.65. The molecular formula is C20H20ClNO6. The normalized spacial score (nSPS) is 15.2. The molecule has 0 amide bonds. The molecule has 2 aromatic rings. The van der Waals surface area contributed by atoms with Crippen LogP contribution in [0.1, 0.15) is 18.1 Å². The van der Waals surface area contributed by atoms with Gasteiger partial charge in [0.15, 0.2) is 11.5 Å². The zero-order valence-corrected chi connectivity index (χ0v) is 15.9. The molecule has 3 N–H and O–H groups in total. The van der Waals surface area contributed by atoms with Gasteiger partial charge in [-0.2, -0.15) is 0 Å². The highest BCUT2D eigenvalue weighted by atomic mass is 35.5. The minimum Gasteiger partial charge on any atom is -0.475 e. The van der Waals surface area contributed by atoms with Crippen molar-refractivity contribution in [2.24, 2.45) is 0 Å². The molecular weight excluding hydrogens is 386 g/mol. The van der Waals surface area contributed by atoms with Crippen molar-refractivity contribution in [2.75, 3.05) is 6.54 Å². The molecule has 148 valence electrons. The number of benzene rings is 2. The average molecular weight is 406 g/mol. The summed E-state index contributed by atoms with van der Waals surface area (Å²) in [6, 6.07) is 12.7. The Bertz CT molecular complexity index is 886. The van der Waals surface area contributed by atoms with Crippen LogP contribution in [0.2, 0.25) is 5.02 Å². The Balaban J connectivity index is 1.58. The molecule has 0 aromatic heterocycles. The van der Waals surface area contributed by atoms with Crippen LogP contribution < -0.4 is 14.8 Å². The van der Waals surface area contributed by atoms with Gasteiger partial charge in [-0.1, -0.05) is 29.8 Å². The first-order valence-electron chi connectivity index (χ1n) is 8.76. The molecule has 0 fully saturated rings. The lowest BCUT2D eigenvalue weighted by Crippen LogP contribution is -2.54. The van der Waals surface area contributed by atoms with Crippen molar-refractivity contribution in [3.05, 3.63) is 58.6 Å². The van der Waals surface area contributed by atoms with Gasteiger partial charge in [-0.25, -0.2) is 9.59 Å². The zero-order valence-electron chi connectivity index (χ0n) is 15.1. The lowest BCUT2D eigenvalue weighted by molar-refractivity contribution is -0.194. The molecule has 0 aliphatic carbocycles. The zero-order chi connectivity index (χ0) is 20.3. The number of carbonyl (C=O) groups is 2. The minimum absolute atomic E-state index is 0.0927. The highest BCUT2D eigenvalue weighted by Crippen LogP contribution is 2.40. The molecule has 0 saturated carbocycles. The number of hydrogen-bond acceptors (Lipinski definition) is 5. The smallest absolute Gasteiger partial charge is 0.453 e. The van der Waals surface area contributed by atoms with Crippen molar-refractivity contribution < 1.29 is 29.3 Å². The lowest BCUT2D eigenvalue weighted by atomic mass is 10.1. The summed E-state index contributed by atoms with van der Waals surface area (Å²) in [5.74, 6) is -5.96. The maximum Gasteiger partial charge on any atom is 0.453 e. The van der Waals surface area contributed by atoms with E-state index in [2.05, 4.69) is 5.32 Å². The van der Waals surface area contributed by atoms with Crippen molar-refractivity contribution in [1.29, 1.82) is 0 Å². The van der Waals surface area contributed by atoms with Crippen LogP contribution in [0.3, 0.4) is 0 Å². The highest BCUT2D eigenvalue weighted by Gasteiger charge is 2.57. The van der Waals surface area contributed by atoms with Gasteiger partial charge in [0.1, 0.15) is 0 Å². The molecule has 1 heterocycles. The topological polar surface area (TPSA) is 105 Å². The molecule has 0 radical (unpaired) electrons. The summed E-state index contributed by atoms with van der Waals surface area (Å²) in [6.07, 6.45) is 1.49. The van der Waals surface area contributed by atoms with Crippen LogP contribution in [0.4, 0.5) is 0 Å². The van der Waals surface area contributed by atoms with Gasteiger partial charge >= 0.3 is 17.7 Å². The number of ether oxygens (including phenoxy) is 2. The van der Waals surface area contributed by atoms with E-state index in [-0.39, 0.29) is 17.5 Å². The Morgan fingerprint density at radius 3 is 2.46 bits per heavy atom. The summed E-state index contributed by atoms with van der Waals surface area (Å²) in [7, 11) is 0. The third-order valence-electron chi connectivity index (χ3n) is 4.42. The standard InChI is InChI=1S/C20H20ClNO6/c1-12(22-8-7-13-3-2-4-15(21)10-13)9-14-5-6-16-17(11-14)28-20(27-16,18(23)24)19(25)26/h2-6,10-12,22H,7-9H2,1H3,(H,23,24)(H,25,26)/t12-/m1/s1. The van der Waals surface area contributed by atoms with E-state index in [1.165, 1.54) is 6.07 Å². The van der Waals surface area contributed by atoms with Crippen LogP contribution in [0, 0.1) is 0 Å². The number of halogens is 1. The van der Waals surface area contributed by atoms with E-state index in [9.17, 15) is 19.8 Å². The number of rotatable bonds is 8. The third kappa shape index (κ3) is 4.21.